The minimum atomic E-state index is -3.51. The van der Waals surface area contributed by atoms with Gasteiger partial charge < -0.3 is 10.6 Å². The molecule has 0 aliphatic carbocycles. The van der Waals surface area contributed by atoms with Crippen molar-refractivity contribution < 1.29 is 13.2 Å². The highest BCUT2D eigenvalue weighted by atomic mass is 32.2. The van der Waals surface area contributed by atoms with Crippen LogP contribution in [0.4, 0.5) is 5.69 Å². The summed E-state index contributed by atoms with van der Waals surface area (Å²) in [5.41, 5.74) is 0.488. The second kappa shape index (κ2) is 5.90. The van der Waals surface area contributed by atoms with Gasteiger partial charge in [-0.3, -0.25) is 4.79 Å². The van der Waals surface area contributed by atoms with Crippen LogP contribution in [-0.2, 0) is 14.8 Å². The van der Waals surface area contributed by atoms with Gasteiger partial charge in [-0.05, 0) is 25.1 Å². The van der Waals surface area contributed by atoms with Crippen LogP contribution in [0.5, 0.6) is 0 Å². The van der Waals surface area contributed by atoms with Gasteiger partial charge in [0.2, 0.25) is 15.9 Å². The molecule has 0 radical (unpaired) electrons. The third kappa shape index (κ3) is 3.36. The molecular formula is C13H19N3O3S. The first-order valence-electron chi connectivity index (χ1n) is 6.51. The molecule has 0 bridgehead atoms. The van der Waals surface area contributed by atoms with Crippen LogP contribution in [0.15, 0.2) is 29.2 Å². The highest BCUT2D eigenvalue weighted by Gasteiger charge is 2.28. The lowest BCUT2D eigenvalue weighted by Crippen LogP contribution is -2.51. The van der Waals surface area contributed by atoms with Gasteiger partial charge in [0, 0.05) is 38.3 Å². The van der Waals surface area contributed by atoms with E-state index in [1.54, 1.807) is 18.2 Å². The molecule has 2 rings (SSSR count). The summed E-state index contributed by atoms with van der Waals surface area (Å²) in [5, 5.41) is 5.80. The van der Waals surface area contributed by atoms with E-state index >= 15 is 0 Å². The normalized spacial score (nSPS) is 20.6. The van der Waals surface area contributed by atoms with Crippen molar-refractivity contribution in [3.05, 3.63) is 24.3 Å². The van der Waals surface area contributed by atoms with Crippen LogP contribution in [0.3, 0.4) is 0 Å². The fourth-order valence-electron chi connectivity index (χ4n) is 2.20. The average molecular weight is 297 g/mol. The first-order chi connectivity index (χ1) is 9.39. The van der Waals surface area contributed by atoms with Crippen molar-refractivity contribution in [2.24, 2.45) is 0 Å². The van der Waals surface area contributed by atoms with E-state index in [1.165, 1.54) is 17.3 Å². The standard InChI is InChI=1S/C13H19N3O3S/c1-10-9-16(7-6-14-10)20(18,19)13-5-3-4-12(8-13)15-11(2)17/h3-5,8,10,14H,6-7,9H2,1-2H3,(H,15,17). The molecular weight excluding hydrogens is 278 g/mol. The SMILES string of the molecule is CC(=O)Nc1cccc(S(=O)(=O)N2CCNC(C)C2)c1. The molecule has 1 unspecified atom stereocenters. The number of hydrogen-bond donors (Lipinski definition) is 2. The Morgan fingerprint density at radius 2 is 2.20 bits per heavy atom. The number of anilines is 1. The van der Waals surface area contributed by atoms with Crippen LogP contribution in [0.25, 0.3) is 0 Å². The summed E-state index contributed by atoms with van der Waals surface area (Å²) in [4.78, 5) is 11.2. The number of carbonyl (C=O) groups is 1. The number of amides is 1. The Morgan fingerprint density at radius 3 is 2.85 bits per heavy atom. The van der Waals surface area contributed by atoms with Crippen molar-refractivity contribution in [3.8, 4) is 0 Å². The maximum Gasteiger partial charge on any atom is 0.243 e. The first kappa shape index (κ1) is 15.0. The molecule has 110 valence electrons. The van der Waals surface area contributed by atoms with Gasteiger partial charge in [-0.2, -0.15) is 4.31 Å². The minimum Gasteiger partial charge on any atom is -0.326 e. The maximum absolute atomic E-state index is 12.6. The van der Waals surface area contributed by atoms with Gasteiger partial charge in [0.05, 0.1) is 4.90 Å². The molecule has 20 heavy (non-hydrogen) atoms. The number of piperazine rings is 1. The summed E-state index contributed by atoms with van der Waals surface area (Å²) < 4.78 is 26.6. The van der Waals surface area contributed by atoms with E-state index in [1.807, 2.05) is 6.92 Å². The second-order valence-electron chi connectivity index (χ2n) is 4.93. The van der Waals surface area contributed by atoms with E-state index in [-0.39, 0.29) is 16.8 Å². The van der Waals surface area contributed by atoms with E-state index in [0.717, 1.165) is 0 Å². The Balaban J connectivity index is 2.27. The maximum atomic E-state index is 12.6. The zero-order valence-corrected chi connectivity index (χ0v) is 12.4. The first-order valence-corrected chi connectivity index (χ1v) is 7.95. The summed E-state index contributed by atoms with van der Waals surface area (Å²) in [5.74, 6) is -0.227. The Kier molecular flexibility index (Phi) is 4.42. The number of nitrogens with one attached hydrogen (secondary N) is 2. The number of carbonyl (C=O) groups excluding carboxylic acids is 1. The fraction of sp³-hybridized carbons (Fsp3) is 0.462. The van der Waals surface area contributed by atoms with Crippen molar-refractivity contribution in [1.82, 2.24) is 9.62 Å². The topological polar surface area (TPSA) is 78.5 Å². The molecule has 0 aromatic heterocycles. The molecule has 1 amide bonds. The molecule has 6 nitrogen and oxygen atoms in total. The molecule has 1 aliphatic heterocycles. The monoisotopic (exact) mass is 297 g/mol. The molecule has 1 aromatic carbocycles. The van der Waals surface area contributed by atoms with Crippen molar-refractivity contribution in [2.45, 2.75) is 24.8 Å². The largest absolute Gasteiger partial charge is 0.326 e. The van der Waals surface area contributed by atoms with Crippen LogP contribution >= 0.6 is 0 Å². The number of benzene rings is 1. The van der Waals surface area contributed by atoms with E-state index in [0.29, 0.717) is 25.3 Å². The van der Waals surface area contributed by atoms with Crippen LogP contribution in [0.1, 0.15) is 13.8 Å². The van der Waals surface area contributed by atoms with Gasteiger partial charge in [-0.1, -0.05) is 6.07 Å². The van der Waals surface area contributed by atoms with Gasteiger partial charge >= 0.3 is 0 Å². The Labute approximate surface area is 119 Å². The lowest BCUT2D eigenvalue weighted by atomic mass is 10.3. The molecule has 0 saturated carbocycles. The van der Waals surface area contributed by atoms with E-state index in [4.69, 9.17) is 0 Å². The molecule has 1 aliphatic rings. The summed E-state index contributed by atoms with van der Waals surface area (Å²) in [7, 11) is -3.51. The smallest absolute Gasteiger partial charge is 0.243 e. The van der Waals surface area contributed by atoms with Crippen molar-refractivity contribution in [2.75, 3.05) is 25.0 Å². The molecule has 1 fully saturated rings. The summed E-state index contributed by atoms with van der Waals surface area (Å²) >= 11 is 0. The van der Waals surface area contributed by atoms with Gasteiger partial charge in [-0.15, -0.1) is 0 Å². The lowest BCUT2D eigenvalue weighted by molar-refractivity contribution is -0.114. The minimum absolute atomic E-state index is 0.136. The molecule has 0 spiro atoms. The fourth-order valence-corrected chi connectivity index (χ4v) is 3.78. The average Bonchev–Trinajstić information content (AvgIpc) is 2.38. The molecule has 2 N–H and O–H groups in total. The van der Waals surface area contributed by atoms with E-state index in [9.17, 15) is 13.2 Å². The number of hydrogen-bond acceptors (Lipinski definition) is 4. The van der Waals surface area contributed by atoms with Crippen LogP contribution in [0, 0.1) is 0 Å². The van der Waals surface area contributed by atoms with Crippen molar-refractivity contribution in [1.29, 1.82) is 0 Å². The molecule has 1 heterocycles. The molecule has 1 saturated heterocycles. The molecule has 1 aromatic rings. The number of rotatable bonds is 3. The highest BCUT2D eigenvalue weighted by molar-refractivity contribution is 7.89. The Morgan fingerprint density at radius 1 is 1.45 bits per heavy atom. The van der Waals surface area contributed by atoms with Crippen LogP contribution in [0.2, 0.25) is 0 Å². The zero-order valence-electron chi connectivity index (χ0n) is 11.6. The van der Waals surface area contributed by atoms with E-state index < -0.39 is 10.0 Å². The third-order valence-electron chi connectivity index (χ3n) is 3.12. The quantitative estimate of drug-likeness (QED) is 0.857. The summed E-state index contributed by atoms with van der Waals surface area (Å²) in [6.07, 6.45) is 0. The number of sulfonamides is 1. The van der Waals surface area contributed by atoms with E-state index in [2.05, 4.69) is 10.6 Å². The summed E-state index contributed by atoms with van der Waals surface area (Å²) in [6.45, 7) is 4.89. The predicted molar refractivity (Wildman–Crippen MR) is 77.0 cm³/mol. The van der Waals surface area contributed by atoms with Crippen LogP contribution in [-0.4, -0.2) is 44.3 Å². The second-order valence-corrected chi connectivity index (χ2v) is 6.87. The van der Waals surface area contributed by atoms with Crippen molar-refractivity contribution in [3.63, 3.8) is 0 Å². The highest BCUT2D eigenvalue weighted by Crippen LogP contribution is 2.20. The van der Waals surface area contributed by atoms with Crippen molar-refractivity contribution >= 4 is 21.6 Å². The Bertz CT molecular complexity index is 601. The zero-order chi connectivity index (χ0) is 14.8. The van der Waals surface area contributed by atoms with Gasteiger partial charge in [0.15, 0.2) is 0 Å². The third-order valence-corrected chi connectivity index (χ3v) is 4.98. The van der Waals surface area contributed by atoms with Gasteiger partial charge in [0.25, 0.3) is 0 Å². The van der Waals surface area contributed by atoms with Crippen LogP contribution < -0.4 is 10.6 Å². The van der Waals surface area contributed by atoms with Gasteiger partial charge in [0.1, 0.15) is 0 Å². The Hall–Kier alpha value is -1.44. The lowest BCUT2D eigenvalue weighted by Gasteiger charge is -2.31. The van der Waals surface area contributed by atoms with Gasteiger partial charge in [-0.25, -0.2) is 8.42 Å². The molecule has 1 atom stereocenters. The predicted octanol–water partition coefficient (Wildman–Crippen LogP) is 0.627. The summed E-state index contributed by atoms with van der Waals surface area (Å²) in [6, 6.07) is 6.47. The number of nitrogens with zero attached hydrogens (tertiary/aromatic N) is 1. The molecule has 7 heteroatoms.